The van der Waals surface area contributed by atoms with E-state index in [2.05, 4.69) is 4.90 Å². The number of likely N-dealkylation sites (tertiary alicyclic amines) is 1. The summed E-state index contributed by atoms with van der Waals surface area (Å²) in [5.74, 6) is -0.692. The Hall–Kier alpha value is -3.60. The molecule has 1 heterocycles. The van der Waals surface area contributed by atoms with Gasteiger partial charge in [0.15, 0.2) is 11.5 Å². The Labute approximate surface area is 182 Å². The summed E-state index contributed by atoms with van der Waals surface area (Å²) in [5, 5.41) is 22.1. The lowest BCUT2D eigenvalue weighted by Crippen LogP contribution is -2.34. The molecule has 162 valence electrons. The van der Waals surface area contributed by atoms with Gasteiger partial charge in [0.1, 0.15) is 4.99 Å². The third-order valence-corrected chi connectivity index (χ3v) is 5.31. The maximum absolute atomic E-state index is 12.6. The van der Waals surface area contributed by atoms with Gasteiger partial charge in [-0.25, -0.2) is 4.79 Å². The van der Waals surface area contributed by atoms with Gasteiger partial charge in [-0.05, 0) is 37.5 Å². The molecule has 2 aromatic rings. The summed E-state index contributed by atoms with van der Waals surface area (Å²) in [4.78, 5) is 35.9. The fraction of sp³-hybridized carbons (Fsp3) is 0.300. The molecule has 0 aromatic heterocycles. The minimum absolute atomic E-state index is 0.0542. The van der Waals surface area contributed by atoms with Crippen LogP contribution in [0.2, 0.25) is 0 Å². The predicted molar refractivity (Wildman–Crippen MR) is 115 cm³/mol. The predicted octanol–water partition coefficient (Wildman–Crippen LogP) is 3.89. The summed E-state index contributed by atoms with van der Waals surface area (Å²) in [6.45, 7) is 1.69. The standard InChI is InChI=1S/C20H19N3O7S/c1-29-17-6-5-13(19(31)21-7-3-2-4-8-21)11-18(17)30-20(24)14-9-15(22(25)26)12-16(10-14)23(27)28/h5-6,9-12H,2-4,7-8H2,1H3. The summed E-state index contributed by atoms with van der Waals surface area (Å²) in [6.07, 6.45) is 3.24. The van der Waals surface area contributed by atoms with Crippen molar-refractivity contribution in [1.29, 1.82) is 0 Å². The first-order chi connectivity index (χ1) is 14.8. The van der Waals surface area contributed by atoms with Gasteiger partial charge in [0.05, 0.1) is 28.6 Å². The summed E-state index contributed by atoms with van der Waals surface area (Å²) in [7, 11) is 1.40. The van der Waals surface area contributed by atoms with Crippen LogP contribution in [0, 0.1) is 20.2 Å². The van der Waals surface area contributed by atoms with Crippen molar-refractivity contribution >= 4 is 34.6 Å². The smallest absolute Gasteiger partial charge is 0.344 e. The molecule has 0 aliphatic carbocycles. The fourth-order valence-corrected chi connectivity index (χ4v) is 3.56. The molecule has 11 heteroatoms. The van der Waals surface area contributed by atoms with Crippen LogP contribution in [0.25, 0.3) is 0 Å². The number of thiocarbonyl (C=S) groups is 1. The van der Waals surface area contributed by atoms with E-state index >= 15 is 0 Å². The number of esters is 1. The van der Waals surface area contributed by atoms with Crippen molar-refractivity contribution in [3.05, 3.63) is 67.8 Å². The highest BCUT2D eigenvalue weighted by Crippen LogP contribution is 2.31. The van der Waals surface area contributed by atoms with Crippen LogP contribution in [0.4, 0.5) is 11.4 Å². The number of carbonyl (C=O) groups excluding carboxylic acids is 1. The number of hydrogen-bond donors (Lipinski definition) is 0. The van der Waals surface area contributed by atoms with Gasteiger partial charge in [-0.2, -0.15) is 0 Å². The molecule has 0 unspecified atom stereocenters. The number of methoxy groups -OCH3 is 1. The SMILES string of the molecule is COc1ccc(C(=S)N2CCCCC2)cc1OC(=O)c1cc([N+](=O)[O-])cc([N+](=O)[O-])c1. The zero-order valence-electron chi connectivity index (χ0n) is 16.6. The van der Waals surface area contributed by atoms with E-state index in [1.807, 2.05) is 0 Å². The molecule has 1 aliphatic rings. The number of ether oxygens (including phenoxy) is 2. The number of benzene rings is 2. The van der Waals surface area contributed by atoms with E-state index in [9.17, 15) is 25.0 Å². The maximum atomic E-state index is 12.6. The summed E-state index contributed by atoms with van der Waals surface area (Å²) in [5.41, 5.74) is -0.848. The van der Waals surface area contributed by atoms with E-state index < -0.39 is 27.2 Å². The van der Waals surface area contributed by atoms with E-state index in [0.29, 0.717) is 10.6 Å². The molecule has 0 saturated carbocycles. The van der Waals surface area contributed by atoms with E-state index in [1.54, 1.807) is 18.2 Å². The monoisotopic (exact) mass is 445 g/mol. The third kappa shape index (κ3) is 5.12. The van der Waals surface area contributed by atoms with Crippen LogP contribution in [0.5, 0.6) is 11.5 Å². The quantitative estimate of drug-likeness (QED) is 0.214. The van der Waals surface area contributed by atoms with E-state index in [0.717, 1.165) is 50.6 Å². The lowest BCUT2D eigenvalue weighted by Gasteiger charge is -2.29. The topological polar surface area (TPSA) is 125 Å². The van der Waals surface area contributed by atoms with Crippen LogP contribution >= 0.6 is 12.2 Å². The third-order valence-electron chi connectivity index (χ3n) is 4.82. The Balaban J connectivity index is 1.90. The Bertz CT molecular complexity index is 1020. The molecule has 0 amide bonds. The molecule has 1 saturated heterocycles. The number of rotatable bonds is 6. The van der Waals surface area contributed by atoms with Crippen molar-refractivity contribution in [2.45, 2.75) is 19.3 Å². The molecule has 0 atom stereocenters. The van der Waals surface area contributed by atoms with Gasteiger partial charge in [-0.3, -0.25) is 20.2 Å². The van der Waals surface area contributed by atoms with E-state index in [4.69, 9.17) is 21.7 Å². The molecule has 1 aliphatic heterocycles. The minimum atomic E-state index is -0.994. The van der Waals surface area contributed by atoms with Crippen molar-refractivity contribution in [3.63, 3.8) is 0 Å². The molecule has 0 bridgehead atoms. The van der Waals surface area contributed by atoms with Crippen LogP contribution in [0.3, 0.4) is 0 Å². The molecular weight excluding hydrogens is 426 g/mol. The number of nitro benzene ring substituents is 2. The molecule has 2 aromatic carbocycles. The Morgan fingerprint density at radius 1 is 0.935 bits per heavy atom. The zero-order valence-corrected chi connectivity index (χ0v) is 17.4. The van der Waals surface area contributed by atoms with Gasteiger partial charge in [0, 0.05) is 30.8 Å². The van der Waals surface area contributed by atoms with Crippen LogP contribution in [-0.4, -0.2) is 45.9 Å². The van der Waals surface area contributed by atoms with Crippen molar-refractivity contribution in [1.82, 2.24) is 4.90 Å². The van der Waals surface area contributed by atoms with Crippen LogP contribution < -0.4 is 9.47 Å². The first kappa shape index (κ1) is 22.1. The molecule has 31 heavy (non-hydrogen) atoms. The Morgan fingerprint density at radius 3 is 2.10 bits per heavy atom. The normalized spacial score (nSPS) is 13.4. The van der Waals surface area contributed by atoms with Crippen LogP contribution in [0.15, 0.2) is 36.4 Å². The first-order valence-corrected chi connectivity index (χ1v) is 9.84. The lowest BCUT2D eigenvalue weighted by molar-refractivity contribution is -0.394. The molecule has 0 radical (unpaired) electrons. The molecule has 10 nitrogen and oxygen atoms in total. The number of non-ortho nitro benzene ring substituents is 2. The number of hydrogen-bond acceptors (Lipinski definition) is 8. The van der Waals surface area contributed by atoms with Gasteiger partial charge in [-0.15, -0.1) is 0 Å². The molecule has 0 spiro atoms. The van der Waals surface area contributed by atoms with E-state index in [1.165, 1.54) is 7.11 Å². The molecule has 0 N–H and O–H groups in total. The zero-order chi connectivity index (χ0) is 22.5. The van der Waals surface area contributed by atoms with Crippen molar-refractivity contribution < 1.29 is 24.1 Å². The second-order valence-electron chi connectivity index (χ2n) is 6.86. The van der Waals surface area contributed by atoms with Crippen molar-refractivity contribution in [2.75, 3.05) is 20.2 Å². The number of carbonyl (C=O) groups is 1. The van der Waals surface area contributed by atoms with Crippen molar-refractivity contribution in [3.8, 4) is 11.5 Å². The first-order valence-electron chi connectivity index (χ1n) is 9.43. The Morgan fingerprint density at radius 2 is 1.55 bits per heavy atom. The summed E-state index contributed by atoms with van der Waals surface area (Å²) in [6, 6.07) is 7.53. The maximum Gasteiger partial charge on any atom is 0.344 e. The molecule has 1 fully saturated rings. The van der Waals surface area contributed by atoms with Crippen LogP contribution in [0.1, 0.15) is 35.2 Å². The average Bonchev–Trinajstić information content (AvgIpc) is 2.78. The highest BCUT2D eigenvalue weighted by Gasteiger charge is 2.23. The Kier molecular flexibility index (Phi) is 6.75. The van der Waals surface area contributed by atoms with Gasteiger partial charge >= 0.3 is 5.97 Å². The van der Waals surface area contributed by atoms with E-state index in [-0.39, 0.29) is 17.1 Å². The fourth-order valence-electron chi connectivity index (χ4n) is 3.25. The summed E-state index contributed by atoms with van der Waals surface area (Å²) < 4.78 is 10.6. The minimum Gasteiger partial charge on any atom is -0.493 e. The van der Waals surface area contributed by atoms with Gasteiger partial charge in [0.2, 0.25) is 0 Å². The van der Waals surface area contributed by atoms with Crippen molar-refractivity contribution in [2.24, 2.45) is 0 Å². The van der Waals surface area contributed by atoms with Gasteiger partial charge < -0.3 is 14.4 Å². The van der Waals surface area contributed by atoms with Gasteiger partial charge in [0.25, 0.3) is 11.4 Å². The number of nitrogens with zero attached hydrogens (tertiary/aromatic N) is 3. The average molecular weight is 445 g/mol. The highest BCUT2D eigenvalue weighted by molar-refractivity contribution is 7.80. The molecule has 3 rings (SSSR count). The van der Waals surface area contributed by atoms with Gasteiger partial charge in [-0.1, -0.05) is 12.2 Å². The number of nitro groups is 2. The van der Waals surface area contributed by atoms with Crippen LogP contribution in [-0.2, 0) is 0 Å². The lowest BCUT2D eigenvalue weighted by atomic mass is 10.1. The second-order valence-corrected chi connectivity index (χ2v) is 7.25. The largest absolute Gasteiger partial charge is 0.493 e. The summed E-state index contributed by atoms with van der Waals surface area (Å²) >= 11 is 5.57. The number of piperidine rings is 1. The molecular formula is C20H19N3O7S. The highest BCUT2D eigenvalue weighted by atomic mass is 32.1. The second kappa shape index (κ2) is 9.47.